The zero-order valence-corrected chi connectivity index (χ0v) is 12.0. The Morgan fingerprint density at radius 2 is 1.65 bits per heavy atom. The summed E-state index contributed by atoms with van der Waals surface area (Å²) >= 11 is 11.8. The highest BCUT2D eigenvalue weighted by Crippen LogP contribution is 2.26. The molecule has 0 N–H and O–H groups in total. The van der Waals surface area contributed by atoms with Gasteiger partial charge in [-0.25, -0.2) is 4.79 Å². The monoisotopic (exact) mass is 308 g/mol. The average molecular weight is 309 g/mol. The molecule has 0 saturated heterocycles. The molecule has 0 saturated carbocycles. The van der Waals surface area contributed by atoms with E-state index in [-0.39, 0.29) is 21.4 Å². The molecule has 0 fully saturated rings. The van der Waals surface area contributed by atoms with Crippen molar-refractivity contribution >= 4 is 35.0 Å². The van der Waals surface area contributed by atoms with Crippen molar-refractivity contribution < 1.29 is 14.3 Å². The van der Waals surface area contributed by atoms with Gasteiger partial charge in [0.05, 0.1) is 15.6 Å². The molecule has 0 aromatic heterocycles. The standard InChI is InChI=1S/C15H10Cl2O3/c1-9(18)10-5-7-11(8-6-10)20-15(19)12-3-2-4-13(16)14(12)17/h2-8H,1H3. The van der Waals surface area contributed by atoms with Crippen molar-refractivity contribution in [2.24, 2.45) is 0 Å². The number of hydrogen-bond acceptors (Lipinski definition) is 3. The first kappa shape index (κ1) is 14.6. The second kappa shape index (κ2) is 6.07. The number of Topliss-reactive ketones (excluding diaryl/α,β-unsaturated/α-hetero) is 1. The minimum absolute atomic E-state index is 0.0548. The van der Waals surface area contributed by atoms with E-state index in [1.165, 1.54) is 13.0 Å². The Balaban J connectivity index is 2.19. The fourth-order valence-corrected chi connectivity index (χ4v) is 1.96. The largest absolute Gasteiger partial charge is 0.423 e. The molecule has 20 heavy (non-hydrogen) atoms. The Kier molecular flexibility index (Phi) is 4.42. The molecule has 5 heteroatoms. The summed E-state index contributed by atoms with van der Waals surface area (Å²) in [5.74, 6) is -0.329. The van der Waals surface area contributed by atoms with Gasteiger partial charge in [0.15, 0.2) is 5.78 Å². The Bertz CT molecular complexity index is 663. The van der Waals surface area contributed by atoms with Crippen molar-refractivity contribution in [3.8, 4) is 5.75 Å². The Morgan fingerprint density at radius 3 is 2.25 bits per heavy atom. The fraction of sp³-hybridized carbons (Fsp3) is 0.0667. The van der Waals surface area contributed by atoms with Gasteiger partial charge in [0.25, 0.3) is 0 Å². The van der Waals surface area contributed by atoms with E-state index in [0.29, 0.717) is 11.3 Å². The summed E-state index contributed by atoms with van der Waals surface area (Å²) in [6.07, 6.45) is 0. The van der Waals surface area contributed by atoms with Crippen LogP contribution >= 0.6 is 23.2 Å². The first-order chi connectivity index (χ1) is 9.49. The molecular weight excluding hydrogens is 299 g/mol. The summed E-state index contributed by atoms with van der Waals surface area (Å²) < 4.78 is 5.18. The van der Waals surface area contributed by atoms with Gasteiger partial charge in [0.1, 0.15) is 5.75 Å². The van der Waals surface area contributed by atoms with Crippen LogP contribution in [0.2, 0.25) is 10.0 Å². The van der Waals surface area contributed by atoms with Gasteiger partial charge in [-0.1, -0.05) is 29.3 Å². The van der Waals surface area contributed by atoms with Crippen molar-refractivity contribution in [2.75, 3.05) is 0 Å². The van der Waals surface area contributed by atoms with Crippen LogP contribution in [0.15, 0.2) is 42.5 Å². The van der Waals surface area contributed by atoms with E-state index in [1.807, 2.05) is 0 Å². The third-order valence-electron chi connectivity index (χ3n) is 2.64. The van der Waals surface area contributed by atoms with Crippen LogP contribution in [-0.2, 0) is 0 Å². The molecular formula is C15H10Cl2O3. The van der Waals surface area contributed by atoms with Crippen molar-refractivity contribution in [3.63, 3.8) is 0 Å². The van der Waals surface area contributed by atoms with E-state index < -0.39 is 5.97 Å². The molecule has 0 aliphatic rings. The fourth-order valence-electron chi connectivity index (χ4n) is 1.58. The van der Waals surface area contributed by atoms with Crippen LogP contribution in [-0.4, -0.2) is 11.8 Å². The van der Waals surface area contributed by atoms with Gasteiger partial charge in [-0.05, 0) is 43.3 Å². The highest BCUT2D eigenvalue weighted by Gasteiger charge is 2.14. The summed E-state index contributed by atoms with van der Waals surface area (Å²) in [7, 11) is 0. The van der Waals surface area contributed by atoms with E-state index in [2.05, 4.69) is 0 Å². The quantitative estimate of drug-likeness (QED) is 0.479. The van der Waals surface area contributed by atoms with E-state index in [1.54, 1.807) is 36.4 Å². The number of hydrogen-bond donors (Lipinski definition) is 0. The summed E-state index contributed by atoms with van der Waals surface area (Å²) in [6, 6.07) is 11.0. The summed E-state index contributed by atoms with van der Waals surface area (Å²) in [6.45, 7) is 1.47. The van der Waals surface area contributed by atoms with Gasteiger partial charge in [0, 0.05) is 5.56 Å². The zero-order chi connectivity index (χ0) is 14.7. The topological polar surface area (TPSA) is 43.4 Å². The maximum Gasteiger partial charge on any atom is 0.345 e. The van der Waals surface area contributed by atoms with Crippen LogP contribution in [0.3, 0.4) is 0 Å². The predicted molar refractivity (Wildman–Crippen MR) is 77.9 cm³/mol. The number of carbonyl (C=O) groups excluding carboxylic acids is 2. The lowest BCUT2D eigenvalue weighted by molar-refractivity contribution is 0.0735. The van der Waals surface area contributed by atoms with Crippen molar-refractivity contribution in [3.05, 3.63) is 63.6 Å². The van der Waals surface area contributed by atoms with Gasteiger partial charge in [-0.3, -0.25) is 4.79 Å². The van der Waals surface area contributed by atoms with Crippen LogP contribution < -0.4 is 4.74 Å². The first-order valence-corrected chi connectivity index (χ1v) is 6.52. The summed E-state index contributed by atoms with van der Waals surface area (Å²) in [5, 5.41) is 0.438. The summed E-state index contributed by atoms with van der Waals surface area (Å²) in [5.41, 5.74) is 0.736. The van der Waals surface area contributed by atoms with Gasteiger partial charge >= 0.3 is 5.97 Å². The number of halogens is 2. The molecule has 0 heterocycles. The first-order valence-electron chi connectivity index (χ1n) is 5.76. The molecule has 0 unspecified atom stereocenters. The minimum atomic E-state index is -0.604. The number of ether oxygens (including phenoxy) is 1. The molecule has 102 valence electrons. The normalized spacial score (nSPS) is 10.2. The molecule has 2 rings (SSSR count). The van der Waals surface area contributed by atoms with Crippen LogP contribution in [0.5, 0.6) is 5.75 Å². The predicted octanol–water partition coefficient (Wildman–Crippen LogP) is 4.42. The lowest BCUT2D eigenvalue weighted by Crippen LogP contribution is -2.09. The van der Waals surface area contributed by atoms with Crippen molar-refractivity contribution in [1.82, 2.24) is 0 Å². The molecule has 0 bridgehead atoms. The van der Waals surface area contributed by atoms with E-state index in [4.69, 9.17) is 27.9 Å². The number of ketones is 1. The molecule has 0 aliphatic carbocycles. The second-order valence-corrected chi connectivity index (χ2v) is 4.86. The third kappa shape index (κ3) is 3.18. The van der Waals surface area contributed by atoms with E-state index >= 15 is 0 Å². The third-order valence-corrected chi connectivity index (χ3v) is 3.46. The average Bonchev–Trinajstić information content (AvgIpc) is 2.42. The van der Waals surface area contributed by atoms with Crippen LogP contribution in [0.25, 0.3) is 0 Å². The number of esters is 1. The second-order valence-electron chi connectivity index (χ2n) is 4.07. The maximum atomic E-state index is 12.0. The molecule has 2 aromatic carbocycles. The van der Waals surface area contributed by atoms with Gasteiger partial charge in [-0.2, -0.15) is 0 Å². The smallest absolute Gasteiger partial charge is 0.345 e. The van der Waals surface area contributed by atoms with Crippen molar-refractivity contribution in [2.45, 2.75) is 6.92 Å². The van der Waals surface area contributed by atoms with Gasteiger partial charge in [-0.15, -0.1) is 0 Å². The van der Waals surface area contributed by atoms with Crippen LogP contribution in [0, 0.1) is 0 Å². The molecule has 0 amide bonds. The molecule has 0 atom stereocenters. The molecule has 0 aliphatic heterocycles. The van der Waals surface area contributed by atoms with Crippen LogP contribution in [0.1, 0.15) is 27.6 Å². The number of benzene rings is 2. The molecule has 0 spiro atoms. The Labute approximate surface area is 126 Å². The van der Waals surface area contributed by atoms with Gasteiger partial charge in [0.2, 0.25) is 0 Å². The van der Waals surface area contributed by atoms with Crippen molar-refractivity contribution in [1.29, 1.82) is 0 Å². The van der Waals surface area contributed by atoms with Gasteiger partial charge < -0.3 is 4.74 Å². The summed E-state index contributed by atoms with van der Waals surface area (Å²) in [4.78, 5) is 23.1. The Hall–Kier alpha value is -1.84. The molecule has 2 aromatic rings. The Morgan fingerprint density at radius 1 is 1.00 bits per heavy atom. The number of carbonyl (C=O) groups is 2. The zero-order valence-electron chi connectivity index (χ0n) is 10.5. The SMILES string of the molecule is CC(=O)c1ccc(OC(=O)c2cccc(Cl)c2Cl)cc1. The lowest BCUT2D eigenvalue weighted by atomic mass is 10.1. The maximum absolute atomic E-state index is 12.0. The molecule has 3 nitrogen and oxygen atoms in total. The minimum Gasteiger partial charge on any atom is -0.423 e. The molecule has 0 radical (unpaired) electrons. The van der Waals surface area contributed by atoms with Crippen LogP contribution in [0.4, 0.5) is 0 Å². The number of rotatable bonds is 3. The highest BCUT2D eigenvalue weighted by atomic mass is 35.5. The van der Waals surface area contributed by atoms with E-state index in [9.17, 15) is 9.59 Å². The lowest BCUT2D eigenvalue weighted by Gasteiger charge is -2.07. The van der Waals surface area contributed by atoms with E-state index in [0.717, 1.165) is 0 Å². The highest BCUT2D eigenvalue weighted by molar-refractivity contribution is 6.43.